The second kappa shape index (κ2) is 8.15. The molecular formula is C17H22BrN3. The van der Waals surface area contributed by atoms with Crippen LogP contribution in [-0.4, -0.2) is 29.5 Å². The summed E-state index contributed by atoms with van der Waals surface area (Å²) < 4.78 is 1.11. The molecule has 4 heteroatoms. The fourth-order valence-electron chi connectivity index (χ4n) is 2.19. The molecule has 0 amide bonds. The first-order chi connectivity index (χ1) is 10.2. The van der Waals surface area contributed by atoms with Crippen molar-refractivity contribution in [3.05, 3.63) is 58.3 Å². The lowest BCUT2D eigenvalue weighted by Crippen LogP contribution is -2.29. The van der Waals surface area contributed by atoms with Gasteiger partial charge in [0.05, 0.1) is 5.69 Å². The highest BCUT2D eigenvalue weighted by Gasteiger charge is 2.04. The Morgan fingerprint density at radius 2 is 1.90 bits per heavy atom. The third-order valence-corrected chi connectivity index (χ3v) is 3.91. The summed E-state index contributed by atoms with van der Waals surface area (Å²) in [7, 11) is 0. The van der Waals surface area contributed by atoms with Gasteiger partial charge in [0, 0.05) is 35.5 Å². The molecule has 2 aromatic rings. The van der Waals surface area contributed by atoms with Crippen LogP contribution in [-0.2, 0) is 6.54 Å². The minimum atomic E-state index is 0.903. The fraction of sp³-hybridized carbons (Fsp3) is 0.353. The summed E-state index contributed by atoms with van der Waals surface area (Å²) in [5.41, 5.74) is 3.37. The number of likely N-dealkylation sites (N-methyl/N-ethyl adjacent to an activating group) is 1. The van der Waals surface area contributed by atoms with E-state index in [0.717, 1.165) is 47.7 Å². The number of pyridine rings is 1. The molecule has 1 aromatic heterocycles. The highest BCUT2D eigenvalue weighted by Crippen LogP contribution is 2.13. The molecule has 0 unspecified atom stereocenters. The van der Waals surface area contributed by atoms with Gasteiger partial charge in [-0.25, -0.2) is 0 Å². The van der Waals surface area contributed by atoms with Crippen LogP contribution in [0.3, 0.4) is 0 Å². The second-order valence-corrected chi connectivity index (χ2v) is 5.99. The first-order valence-electron chi connectivity index (χ1n) is 7.31. The van der Waals surface area contributed by atoms with Gasteiger partial charge in [-0.1, -0.05) is 28.9 Å². The molecule has 2 rings (SSSR count). The van der Waals surface area contributed by atoms with Gasteiger partial charge in [-0.05, 0) is 49.9 Å². The van der Waals surface area contributed by atoms with Crippen LogP contribution in [0.5, 0.6) is 0 Å². The molecule has 0 aliphatic rings. The maximum Gasteiger partial charge on any atom is 0.0547 e. The lowest BCUT2D eigenvalue weighted by atomic mass is 10.3. The average Bonchev–Trinajstić information content (AvgIpc) is 2.48. The highest BCUT2D eigenvalue weighted by molar-refractivity contribution is 9.10. The Hall–Kier alpha value is -1.39. The zero-order valence-electron chi connectivity index (χ0n) is 12.6. The van der Waals surface area contributed by atoms with E-state index < -0.39 is 0 Å². The van der Waals surface area contributed by atoms with Crippen molar-refractivity contribution in [2.45, 2.75) is 20.4 Å². The molecule has 112 valence electrons. The Kier molecular flexibility index (Phi) is 6.21. The molecule has 0 bridgehead atoms. The number of aromatic nitrogens is 1. The summed E-state index contributed by atoms with van der Waals surface area (Å²) in [6.45, 7) is 8.09. The van der Waals surface area contributed by atoms with Crippen LogP contribution >= 0.6 is 15.9 Å². The highest BCUT2D eigenvalue weighted by atomic mass is 79.9. The molecule has 1 N–H and O–H groups in total. The number of nitrogens with zero attached hydrogens (tertiary/aromatic N) is 2. The Labute approximate surface area is 135 Å². The van der Waals surface area contributed by atoms with E-state index in [4.69, 9.17) is 0 Å². The van der Waals surface area contributed by atoms with E-state index in [2.05, 4.69) is 74.5 Å². The van der Waals surface area contributed by atoms with Crippen LogP contribution in [0.2, 0.25) is 0 Å². The van der Waals surface area contributed by atoms with E-state index >= 15 is 0 Å². The number of halogens is 1. The monoisotopic (exact) mass is 347 g/mol. The third kappa shape index (κ3) is 5.48. The van der Waals surface area contributed by atoms with Gasteiger partial charge >= 0.3 is 0 Å². The van der Waals surface area contributed by atoms with E-state index in [-0.39, 0.29) is 0 Å². The van der Waals surface area contributed by atoms with Crippen LogP contribution in [0, 0.1) is 6.92 Å². The normalized spacial score (nSPS) is 10.9. The SMILES string of the molecule is CCN(CCNc1ccc(Br)cc1)Cc1cccc(C)n1. The Morgan fingerprint density at radius 1 is 1.14 bits per heavy atom. The molecular weight excluding hydrogens is 326 g/mol. The van der Waals surface area contributed by atoms with Gasteiger partial charge in [-0.15, -0.1) is 0 Å². The summed E-state index contributed by atoms with van der Waals surface area (Å²) in [6.07, 6.45) is 0. The van der Waals surface area contributed by atoms with Gasteiger partial charge in [-0.2, -0.15) is 0 Å². The van der Waals surface area contributed by atoms with E-state index in [0.29, 0.717) is 0 Å². The number of aryl methyl sites for hydroxylation is 1. The average molecular weight is 348 g/mol. The molecule has 0 fully saturated rings. The van der Waals surface area contributed by atoms with Gasteiger partial charge in [-0.3, -0.25) is 9.88 Å². The van der Waals surface area contributed by atoms with Gasteiger partial charge < -0.3 is 5.32 Å². The largest absolute Gasteiger partial charge is 0.384 e. The molecule has 0 saturated carbocycles. The minimum absolute atomic E-state index is 0.903. The Morgan fingerprint density at radius 3 is 2.57 bits per heavy atom. The molecule has 21 heavy (non-hydrogen) atoms. The predicted molar refractivity (Wildman–Crippen MR) is 92.6 cm³/mol. The maximum absolute atomic E-state index is 4.57. The lowest BCUT2D eigenvalue weighted by molar-refractivity contribution is 0.287. The third-order valence-electron chi connectivity index (χ3n) is 3.38. The van der Waals surface area contributed by atoms with Crippen molar-refractivity contribution in [2.75, 3.05) is 25.0 Å². The quantitative estimate of drug-likeness (QED) is 0.817. The summed E-state index contributed by atoms with van der Waals surface area (Å²) >= 11 is 3.45. The summed E-state index contributed by atoms with van der Waals surface area (Å²) in [4.78, 5) is 6.97. The predicted octanol–water partition coefficient (Wildman–Crippen LogP) is 4.09. The van der Waals surface area contributed by atoms with E-state index in [1.165, 1.54) is 0 Å². The zero-order valence-corrected chi connectivity index (χ0v) is 14.2. The van der Waals surface area contributed by atoms with Crippen molar-refractivity contribution < 1.29 is 0 Å². The molecule has 1 aromatic carbocycles. The molecule has 3 nitrogen and oxygen atoms in total. The van der Waals surface area contributed by atoms with Crippen molar-refractivity contribution in [1.29, 1.82) is 0 Å². The number of hydrogen-bond donors (Lipinski definition) is 1. The van der Waals surface area contributed by atoms with Crippen molar-refractivity contribution in [1.82, 2.24) is 9.88 Å². The van der Waals surface area contributed by atoms with Crippen LogP contribution in [0.15, 0.2) is 46.9 Å². The van der Waals surface area contributed by atoms with Gasteiger partial charge in [0.2, 0.25) is 0 Å². The number of rotatable bonds is 7. The Bertz CT molecular complexity index is 554. The van der Waals surface area contributed by atoms with Crippen LogP contribution < -0.4 is 5.32 Å². The topological polar surface area (TPSA) is 28.2 Å². The smallest absolute Gasteiger partial charge is 0.0547 e. The molecule has 0 spiro atoms. The second-order valence-electron chi connectivity index (χ2n) is 5.07. The zero-order chi connectivity index (χ0) is 15.1. The standard InChI is InChI=1S/C17H22BrN3/c1-3-21(13-17-6-4-5-14(2)20-17)12-11-19-16-9-7-15(18)8-10-16/h4-10,19H,3,11-13H2,1-2H3. The Balaban J connectivity index is 1.81. The van der Waals surface area contributed by atoms with Gasteiger partial charge in [0.15, 0.2) is 0 Å². The number of hydrogen-bond acceptors (Lipinski definition) is 3. The van der Waals surface area contributed by atoms with Crippen LogP contribution in [0.25, 0.3) is 0 Å². The van der Waals surface area contributed by atoms with Crippen molar-refractivity contribution in [3.8, 4) is 0 Å². The number of nitrogens with one attached hydrogen (secondary N) is 1. The summed E-state index contributed by atoms with van der Waals surface area (Å²) in [6, 6.07) is 14.5. The van der Waals surface area contributed by atoms with Crippen molar-refractivity contribution >= 4 is 21.6 Å². The van der Waals surface area contributed by atoms with E-state index in [9.17, 15) is 0 Å². The number of benzene rings is 1. The molecule has 1 heterocycles. The summed E-state index contributed by atoms with van der Waals surface area (Å²) in [5, 5.41) is 3.45. The molecule has 0 aliphatic carbocycles. The fourth-order valence-corrected chi connectivity index (χ4v) is 2.46. The lowest BCUT2D eigenvalue weighted by Gasteiger charge is -2.20. The van der Waals surface area contributed by atoms with Crippen molar-refractivity contribution in [2.24, 2.45) is 0 Å². The first kappa shape index (κ1) is 16.0. The molecule has 0 aliphatic heterocycles. The summed E-state index contributed by atoms with van der Waals surface area (Å²) in [5.74, 6) is 0. The van der Waals surface area contributed by atoms with Gasteiger partial charge in [0.1, 0.15) is 0 Å². The number of anilines is 1. The molecule has 0 atom stereocenters. The van der Waals surface area contributed by atoms with Crippen LogP contribution in [0.1, 0.15) is 18.3 Å². The van der Waals surface area contributed by atoms with Crippen molar-refractivity contribution in [3.63, 3.8) is 0 Å². The molecule has 0 radical (unpaired) electrons. The van der Waals surface area contributed by atoms with E-state index in [1.54, 1.807) is 0 Å². The van der Waals surface area contributed by atoms with E-state index in [1.807, 2.05) is 13.0 Å². The van der Waals surface area contributed by atoms with Crippen LogP contribution in [0.4, 0.5) is 5.69 Å². The minimum Gasteiger partial charge on any atom is -0.384 e. The first-order valence-corrected chi connectivity index (χ1v) is 8.11. The maximum atomic E-state index is 4.57. The van der Waals surface area contributed by atoms with Gasteiger partial charge in [0.25, 0.3) is 0 Å². The molecule has 0 saturated heterocycles.